The zero-order chi connectivity index (χ0) is 15.5. The zero-order valence-electron chi connectivity index (χ0n) is 12.2. The molecule has 0 aromatic carbocycles. The van der Waals surface area contributed by atoms with Crippen molar-refractivity contribution in [2.45, 2.75) is 42.6 Å². The van der Waals surface area contributed by atoms with Crippen LogP contribution in [-0.2, 0) is 11.3 Å². The molecule has 0 radical (unpaired) electrons. The van der Waals surface area contributed by atoms with Crippen molar-refractivity contribution in [3.8, 4) is 0 Å². The second kappa shape index (κ2) is 4.56. The Bertz CT molecular complexity index is 712. The van der Waals surface area contributed by atoms with Crippen LogP contribution in [0.5, 0.6) is 0 Å². The van der Waals surface area contributed by atoms with Crippen molar-refractivity contribution in [1.82, 2.24) is 25.1 Å². The summed E-state index contributed by atoms with van der Waals surface area (Å²) in [6.45, 7) is 4.62. The van der Waals surface area contributed by atoms with Gasteiger partial charge in [-0.1, -0.05) is 0 Å². The molecule has 8 nitrogen and oxygen atoms in total. The van der Waals surface area contributed by atoms with Crippen LogP contribution in [0.3, 0.4) is 0 Å². The Kier molecular flexibility index (Phi) is 2.85. The van der Waals surface area contributed by atoms with Gasteiger partial charge in [0.05, 0.1) is 6.26 Å². The summed E-state index contributed by atoms with van der Waals surface area (Å²) in [5, 5.41) is 12.0. The maximum atomic E-state index is 12.2. The molecular weight excluding hydrogens is 304 g/mol. The van der Waals surface area contributed by atoms with Gasteiger partial charge in [-0.15, -0.1) is 16.9 Å². The van der Waals surface area contributed by atoms with Crippen LogP contribution >= 0.6 is 11.8 Å². The Morgan fingerprint density at radius 3 is 3.05 bits per heavy atom. The predicted molar refractivity (Wildman–Crippen MR) is 78.6 cm³/mol. The summed E-state index contributed by atoms with van der Waals surface area (Å²) in [5.74, 6) is 1.39. The number of hydrogen-bond acceptors (Lipinski definition) is 7. The fourth-order valence-electron chi connectivity index (χ4n) is 3.13. The Hall–Kier alpha value is -1.87. The van der Waals surface area contributed by atoms with Gasteiger partial charge in [0, 0.05) is 4.75 Å². The van der Waals surface area contributed by atoms with Gasteiger partial charge in [-0.3, -0.25) is 4.79 Å². The molecule has 4 heterocycles. The molecule has 2 N–H and O–H groups in total. The lowest BCUT2D eigenvalue weighted by Gasteiger charge is -2.42. The highest BCUT2D eigenvalue weighted by molar-refractivity contribution is 8.01. The predicted octanol–water partition coefficient (Wildman–Crippen LogP) is 0.376. The molecule has 2 aliphatic rings. The maximum absolute atomic E-state index is 12.2. The monoisotopic (exact) mass is 320 g/mol. The lowest BCUT2D eigenvalue weighted by molar-refractivity contribution is -0.147. The molecule has 2 fully saturated rings. The lowest BCUT2D eigenvalue weighted by Crippen LogP contribution is -2.65. The highest BCUT2D eigenvalue weighted by Crippen LogP contribution is 2.56. The summed E-state index contributed by atoms with van der Waals surface area (Å²) in [7, 11) is 0. The number of nitrogens with zero attached hydrogens (tertiary/aromatic N) is 5. The number of nitrogens with two attached hydrogens (primary N) is 1. The Balaban J connectivity index is 1.70. The molecule has 1 amide bonds. The summed E-state index contributed by atoms with van der Waals surface area (Å²) < 4.78 is 6.84. The van der Waals surface area contributed by atoms with Crippen LogP contribution < -0.4 is 5.73 Å². The van der Waals surface area contributed by atoms with Crippen molar-refractivity contribution in [3.05, 3.63) is 30.0 Å². The van der Waals surface area contributed by atoms with Gasteiger partial charge in [0.15, 0.2) is 5.82 Å². The number of fused-ring (bicyclic) bond motifs is 1. The third-order valence-electron chi connectivity index (χ3n) is 4.17. The van der Waals surface area contributed by atoms with Gasteiger partial charge < -0.3 is 15.1 Å². The van der Waals surface area contributed by atoms with E-state index in [1.807, 2.05) is 12.1 Å². The van der Waals surface area contributed by atoms with Crippen molar-refractivity contribution in [2.24, 2.45) is 5.73 Å². The number of hydrogen-bond donors (Lipinski definition) is 1. The standard InChI is InChI=1S/C13H16N6O2S/c1-13(2)9(19-11(20)8(14)12(19)22-13)10-15-16-17-18(10)6-7-4-3-5-21-7/h3-5,8-9,12H,6,14H2,1-2H3. The van der Waals surface area contributed by atoms with Crippen LogP contribution in [0.15, 0.2) is 22.8 Å². The minimum atomic E-state index is -0.427. The number of aromatic nitrogens is 4. The fraction of sp³-hybridized carbons (Fsp3) is 0.538. The molecular formula is C13H16N6O2S. The zero-order valence-corrected chi connectivity index (χ0v) is 13.0. The van der Waals surface area contributed by atoms with Crippen LogP contribution in [0.1, 0.15) is 31.5 Å². The van der Waals surface area contributed by atoms with Crippen LogP contribution in [0, 0.1) is 0 Å². The number of β-lactam (4-membered cyclic amide) rings is 1. The number of amides is 1. The first kappa shape index (κ1) is 13.8. The SMILES string of the molecule is CC1(C)SC2C(N)C(=O)N2C1c1nnnn1Cc1ccco1. The summed E-state index contributed by atoms with van der Waals surface area (Å²) in [6, 6.07) is 3.07. The van der Waals surface area contributed by atoms with Gasteiger partial charge >= 0.3 is 0 Å². The van der Waals surface area contributed by atoms with E-state index < -0.39 is 6.04 Å². The van der Waals surface area contributed by atoms with Crippen LogP contribution in [0.25, 0.3) is 0 Å². The fourth-order valence-corrected chi connectivity index (χ4v) is 4.70. The van der Waals surface area contributed by atoms with Crippen molar-refractivity contribution in [2.75, 3.05) is 0 Å². The number of carbonyl (C=O) groups excluding carboxylic acids is 1. The number of thioether (sulfide) groups is 1. The molecule has 0 spiro atoms. The van der Waals surface area contributed by atoms with E-state index in [9.17, 15) is 4.79 Å². The molecule has 4 rings (SSSR count). The van der Waals surface area contributed by atoms with E-state index in [1.54, 1.807) is 27.6 Å². The summed E-state index contributed by atoms with van der Waals surface area (Å²) >= 11 is 1.70. The van der Waals surface area contributed by atoms with Crippen molar-refractivity contribution >= 4 is 17.7 Å². The molecule has 0 bridgehead atoms. The smallest absolute Gasteiger partial charge is 0.244 e. The third-order valence-corrected chi connectivity index (χ3v) is 5.76. The van der Waals surface area contributed by atoms with Crippen molar-refractivity contribution < 1.29 is 9.21 Å². The highest BCUT2D eigenvalue weighted by atomic mass is 32.2. The largest absolute Gasteiger partial charge is 0.467 e. The third kappa shape index (κ3) is 1.82. The Morgan fingerprint density at radius 2 is 2.32 bits per heavy atom. The number of furan rings is 1. The van der Waals surface area contributed by atoms with Gasteiger partial charge in [0.2, 0.25) is 5.91 Å². The van der Waals surface area contributed by atoms with E-state index >= 15 is 0 Å². The first-order chi connectivity index (χ1) is 10.5. The quantitative estimate of drug-likeness (QED) is 0.815. The van der Waals surface area contributed by atoms with Gasteiger partial charge in [0.1, 0.15) is 29.8 Å². The molecule has 22 heavy (non-hydrogen) atoms. The summed E-state index contributed by atoms with van der Waals surface area (Å²) in [5.41, 5.74) is 5.91. The Morgan fingerprint density at radius 1 is 1.50 bits per heavy atom. The first-order valence-corrected chi connectivity index (χ1v) is 7.91. The van der Waals surface area contributed by atoms with Gasteiger partial charge in [-0.2, -0.15) is 0 Å². The molecule has 3 atom stereocenters. The van der Waals surface area contributed by atoms with E-state index in [-0.39, 0.29) is 22.1 Å². The minimum absolute atomic E-state index is 0.00117. The average molecular weight is 320 g/mol. The van der Waals surface area contributed by atoms with Crippen molar-refractivity contribution in [3.63, 3.8) is 0 Å². The maximum Gasteiger partial charge on any atom is 0.244 e. The molecule has 3 unspecified atom stereocenters. The topological polar surface area (TPSA) is 103 Å². The Labute approximate surface area is 131 Å². The number of rotatable bonds is 3. The molecule has 9 heteroatoms. The van der Waals surface area contributed by atoms with E-state index in [1.165, 1.54) is 0 Å². The molecule has 2 aliphatic heterocycles. The van der Waals surface area contributed by atoms with Crippen LogP contribution in [-0.4, -0.2) is 47.2 Å². The van der Waals surface area contributed by atoms with Gasteiger partial charge in [-0.25, -0.2) is 4.68 Å². The summed E-state index contributed by atoms with van der Waals surface area (Å²) in [4.78, 5) is 14.0. The van der Waals surface area contributed by atoms with E-state index in [2.05, 4.69) is 29.4 Å². The summed E-state index contributed by atoms with van der Waals surface area (Å²) in [6.07, 6.45) is 1.61. The molecule has 2 saturated heterocycles. The lowest BCUT2D eigenvalue weighted by atomic mass is 9.95. The second-order valence-electron chi connectivity index (χ2n) is 6.06. The number of carbonyl (C=O) groups is 1. The molecule has 2 aromatic rings. The van der Waals surface area contributed by atoms with E-state index in [4.69, 9.17) is 10.2 Å². The normalized spacial score (nSPS) is 29.5. The first-order valence-electron chi connectivity index (χ1n) is 7.03. The van der Waals surface area contributed by atoms with Gasteiger partial charge in [0.25, 0.3) is 0 Å². The molecule has 0 aliphatic carbocycles. The number of tetrazole rings is 1. The molecule has 116 valence electrons. The van der Waals surface area contributed by atoms with Crippen LogP contribution in [0.4, 0.5) is 0 Å². The molecule has 2 aromatic heterocycles. The van der Waals surface area contributed by atoms with E-state index in [0.717, 1.165) is 5.76 Å². The highest BCUT2D eigenvalue weighted by Gasteiger charge is 2.62. The average Bonchev–Trinajstić information content (AvgIpc) is 3.18. The van der Waals surface area contributed by atoms with Crippen molar-refractivity contribution in [1.29, 1.82) is 0 Å². The van der Waals surface area contributed by atoms with E-state index in [0.29, 0.717) is 12.4 Å². The second-order valence-corrected chi connectivity index (χ2v) is 7.83. The minimum Gasteiger partial charge on any atom is -0.467 e. The molecule has 0 saturated carbocycles. The van der Waals surface area contributed by atoms with Gasteiger partial charge in [-0.05, 0) is 36.4 Å². The van der Waals surface area contributed by atoms with Crippen LogP contribution in [0.2, 0.25) is 0 Å².